The molecule has 35 heavy (non-hydrogen) atoms. The maximum Gasteiger partial charge on any atom is 0.123 e. The van der Waals surface area contributed by atoms with Crippen LogP contribution in [-0.2, 0) is 12.8 Å². The molecule has 3 N–H and O–H groups in total. The Morgan fingerprint density at radius 3 is 2.54 bits per heavy atom. The van der Waals surface area contributed by atoms with E-state index in [-0.39, 0.29) is 24.2 Å². The zero-order valence-corrected chi connectivity index (χ0v) is 20.0. The fraction of sp³-hybridized carbons (Fsp3) is 0.357. The highest BCUT2D eigenvalue weighted by molar-refractivity contribution is 5.53. The second-order valence-electron chi connectivity index (χ2n) is 9.11. The van der Waals surface area contributed by atoms with Crippen molar-refractivity contribution in [2.75, 3.05) is 44.8 Å². The summed E-state index contributed by atoms with van der Waals surface area (Å²) in [5, 5.41) is 28.4. The summed E-state index contributed by atoms with van der Waals surface area (Å²) in [5.74, 6) is 0.795. The van der Waals surface area contributed by atoms with Crippen LogP contribution in [0.2, 0.25) is 0 Å². The van der Waals surface area contributed by atoms with Crippen molar-refractivity contribution in [3.63, 3.8) is 0 Å². The van der Waals surface area contributed by atoms with Crippen LogP contribution in [0.5, 0.6) is 11.5 Å². The largest absolute Gasteiger partial charge is 0.508 e. The zero-order valence-electron chi connectivity index (χ0n) is 20.0. The smallest absolute Gasteiger partial charge is 0.123 e. The highest BCUT2D eigenvalue weighted by atomic mass is 19.1. The SMILES string of the molecule is CN(CCOc1ccc(CC2c3ccc(O)cc3CCN2c2ccc(F)cc2)cc1)CC(O)CO. The molecule has 2 unspecified atom stereocenters. The average molecular weight is 481 g/mol. The average Bonchev–Trinajstić information content (AvgIpc) is 2.85. The Kier molecular flexibility index (Phi) is 8.23. The van der Waals surface area contributed by atoms with Crippen molar-refractivity contribution in [1.82, 2.24) is 4.90 Å². The molecule has 6 nitrogen and oxygen atoms in total. The van der Waals surface area contributed by atoms with Gasteiger partial charge in [-0.15, -0.1) is 0 Å². The molecule has 1 aliphatic heterocycles. The molecule has 0 aromatic heterocycles. The number of anilines is 1. The van der Waals surface area contributed by atoms with Gasteiger partial charge in [-0.3, -0.25) is 0 Å². The number of aromatic hydroxyl groups is 1. The van der Waals surface area contributed by atoms with Gasteiger partial charge in [0.05, 0.1) is 18.8 Å². The van der Waals surface area contributed by atoms with Crippen LogP contribution in [0.25, 0.3) is 0 Å². The number of ether oxygens (including phenoxy) is 1. The number of aliphatic hydroxyl groups is 2. The highest BCUT2D eigenvalue weighted by Crippen LogP contribution is 2.37. The summed E-state index contributed by atoms with van der Waals surface area (Å²) in [6.07, 6.45) is 0.827. The molecule has 1 heterocycles. The summed E-state index contributed by atoms with van der Waals surface area (Å²) >= 11 is 0. The first-order valence-electron chi connectivity index (χ1n) is 12.0. The molecule has 3 aromatic carbocycles. The van der Waals surface area contributed by atoms with Gasteiger partial charge in [0, 0.05) is 25.3 Å². The topological polar surface area (TPSA) is 76.4 Å². The van der Waals surface area contributed by atoms with Crippen LogP contribution in [0.4, 0.5) is 10.1 Å². The van der Waals surface area contributed by atoms with E-state index in [0.29, 0.717) is 19.7 Å². The van der Waals surface area contributed by atoms with E-state index in [0.717, 1.165) is 42.0 Å². The van der Waals surface area contributed by atoms with Crippen LogP contribution in [-0.4, -0.2) is 66.2 Å². The second-order valence-corrected chi connectivity index (χ2v) is 9.11. The summed E-state index contributed by atoms with van der Waals surface area (Å²) in [5.41, 5.74) is 4.44. The van der Waals surface area contributed by atoms with Crippen molar-refractivity contribution in [1.29, 1.82) is 0 Å². The summed E-state index contributed by atoms with van der Waals surface area (Å²) in [6, 6.07) is 20.3. The number of likely N-dealkylation sites (N-methyl/N-ethyl adjacent to an activating group) is 1. The number of halogens is 1. The van der Waals surface area contributed by atoms with E-state index in [2.05, 4.69) is 17.0 Å². The molecule has 186 valence electrons. The lowest BCUT2D eigenvalue weighted by Crippen LogP contribution is -2.36. The molecule has 0 aliphatic carbocycles. The summed E-state index contributed by atoms with van der Waals surface area (Å²) < 4.78 is 19.4. The normalized spacial score (nSPS) is 16.3. The summed E-state index contributed by atoms with van der Waals surface area (Å²) in [4.78, 5) is 4.22. The molecular weight excluding hydrogens is 447 g/mol. The van der Waals surface area contributed by atoms with Crippen LogP contribution in [0.3, 0.4) is 0 Å². The number of aliphatic hydroxyl groups excluding tert-OH is 2. The molecule has 0 amide bonds. The van der Waals surface area contributed by atoms with Gasteiger partial charge in [0.1, 0.15) is 23.9 Å². The van der Waals surface area contributed by atoms with Crippen LogP contribution in [0, 0.1) is 5.82 Å². The van der Waals surface area contributed by atoms with Crippen molar-refractivity contribution in [3.05, 3.63) is 89.2 Å². The monoisotopic (exact) mass is 480 g/mol. The Balaban J connectivity index is 1.45. The molecule has 0 radical (unpaired) electrons. The van der Waals surface area contributed by atoms with Gasteiger partial charge in [0.25, 0.3) is 0 Å². The van der Waals surface area contributed by atoms with Crippen molar-refractivity contribution >= 4 is 5.69 Å². The second kappa shape index (κ2) is 11.5. The lowest BCUT2D eigenvalue weighted by atomic mass is 9.88. The quantitative estimate of drug-likeness (QED) is 0.412. The van der Waals surface area contributed by atoms with Crippen molar-refractivity contribution in [2.45, 2.75) is 25.0 Å². The number of phenolic OH excluding ortho intramolecular Hbond substituents is 1. The predicted octanol–water partition coefficient (Wildman–Crippen LogP) is 3.54. The fourth-order valence-electron chi connectivity index (χ4n) is 4.63. The maximum absolute atomic E-state index is 13.5. The predicted molar refractivity (Wildman–Crippen MR) is 135 cm³/mol. The number of fused-ring (bicyclic) bond motifs is 1. The van der Waals surface area contributed by atoms with Crippen molar-refractivity contribution in [2.24, 2.45) is 0 Å². The van der Waals surface area contributed by atoms with E-state index >= 15 is 0 Å². The Bertz CT molecular complexity index is 1090. The van der Waals surface area contributed by atoms with E-state index in [1.165, 1.54) is 17.7 Å². The lowest BCUT2D eigenvalue weighted by Gasteiger charge is -2.39. The van der Waals surface area contributed by atoms with Gasteiger partial charge in [0.2, 0.25) is 0 Å². The van der Waals surface area contributed by atoms with Crippen LogP contribution >= 0.6 is 0 Å². The van der Waals surface area contributed by atoms with Gasteiger partial charge in [0.15, 0.2) is 0 Å². The van der Waals surface area contributed by atoms with E-state index in [1.54, 1.807) is 6.07 Å². The molecule has 4 rings (SSSR count). The van der Waals surface area contributed by atoms with Crippen LogP contribution in [0.15, 0.2) is 66.7 Å². The minimum Gasteiger partial charge on any atom is -0.508 e. The third kappa shape index (κ3) is 6.51. The number of nitrogens with zero attached hydrogens (tertiary/aromatic N) is 2. The molecule has 0 fully saturated rings. The summed E-state index contributed by atoms with van der Waals surface area (Å²) in [7, 11) is 1.87. The van der Waals surface area contributed by atoms with Crippen molar-refractivity contribution in [3.8, 4) is 11.5 Å². The minimum absolute atomic E-state index is 0.0585. The first-order chi connectivity index (χ1) is 16.9. The Morgan fingerprint density at radius 1 is 1.09 bits per heavy atom. The van der Waals surface area contributed by atoms with Crippen LogP contribution < -0.4 is 9.64 Å². The summed E-state index contributed by atoms with van der Waals surface area (Å²) in [6.45, 7) is 2.04. The van der Waals surface area contributed by atoms with Crippen molar-refractivity contribution < 1.29 is 24.4 Å². The van der Waals surface area contributed by atoms with Gasteiger partial charge in [-0.2, -0.15) is 0 Å². The van der Waals surface area contributed by atoms with E-state index in [1.807, 2.05) is 48.3 Å². The van der Waals surface area contributed by atoms with Gasteiger partial charge >= 0.3 is 0 Å². The number of hydrogen-bond donors (Lipinski definition) is 3. The molecular formula is C28H33FN2O4. The molecule has 0 spiro atoms. The Hall–Kier alpha value is -3.13. The number of phenols is 1. The van der Waals surface area contributed by atoms with E-state index < -0.39 is 6.10 Å². The third-order valence-corrected chi connectivity index (χ3v) is 6.47. The third-order valence-electron chi connectivity index (χ3n) is 6.47. The minimum atomic E-state index is -0.748. The zero-order chi connectivity index (χ0) is 24.8. The van der Waals surface area contributed by atoms with Gasteiger partial charge < -0.3 is 29.9 Å². The van der Waals surface area contributed by atoms with Gasteiger partial charge in [-0.1, -0.05) is 18.2 Å². The van der Waals surface area contributed by atoms with Crippen LogP contribution in [0.1, 0.15) is 22.7 Å². The molecule has 0 saturated carbocycles. The van der Waals surface area contributed by atoms with Gasteiger partial charge in [-0.25, -0.2) is 4.39 Å². The first-order valence-corrected chi connectivity index (χ1v) is 12.0. The number of hydrogen-bond acceptors (Lipinski definition) is 6. The number of benzene rings is 3. The number of rotatable bonds is 10. The van der Waals surface area contributed by atoms with E-state index in [9.17, 15) is 14.6 Å². The lowest BCUT2D eigenvalue weighted by molar-refractivity contribution is 0.0631. The molecule has 7 heteroatoms. The molecule has 2 atom stereocenters. The maximum atomic E-state index is 13.5. The first kappa shape index (κ1) is 25.0. The molecule has 1 aliphatic rings. The molecule has 0 saturated heterocycles. The van der Waals surface area contributed by atoms with Gasteiger partial charge in [-0.05, 0) is 85.1 Å². The molecule has 0 bridgehead atoms. The standard InChI is InChI=1S/C28H33FN2O4/c1-30(18-25(34)19-32)14-15-35-26-9-2-20(3-10-26)16-28-27-11-8-24(33)17-21(27)12-13-31(28)23-6-4-22(29)5-7-23/h2-11,17,25,28,32-34H,12-16,18-19H2,1H3. The molecule has 3 aromatic rings. The highest BCUT2D eigenvalue weighted by Gasteiger charge is 2.28. The Labute approximate surface area is 205 Å². The fourth-order valence-corrected chi connectivity index (χ4v) is 4.63. The van der Waals surface area contributed by atoms with E-state index in [4.69, 9.17) is 9.84 Å². The Morgan fingerprint density at radius 2 is 1.83 bits per heavy atom.